The number of aromatic nitrogens is 2. The van der Waals surface area contributed by atoms with E-state index in [0.29, 0.717) is 0 Å². The molecular weight excluding hydrogens is 266 g/mol. The van der Waals surface area contributed by atoms with Crippen molar-refractivity contribution in [3.05, 3.63) is 44.5 Å². The maximum absolute atomic E-state index is 11.8. The van der Waals surface area contributed by atoms with Crippen molar-refractivity contribution >= 4 is 22.9 Å². The average molecular weight is 277 g/mol. The first-order valence-corrected chi connectivity index (χ1v) is 5.69. The molecule has 1 heterocycles. The Bertz CT molecular complexity index is 818. The molecule has 0 unspecified atom stereocenters. The SMILES string of the molecule is NC(=O)CCn1c(=O)c(=O)[nH]c2c(C(=O)O)cccc21. The summed E-state index contributed by atoms with van der Waals surface area (Å²) in [6.07, 6.45) is -0.129. The standard InChI is InChI=1S/C12H11N3O5/c13-8(16)4-5-15-7-3-1-2-6(12(19)20)9(7)14-10(17)11(15)18/h1-3H,4-5H2,(H2,13,16)(H,14,17)(H,19,20). The van der Waals surface area contributed by atoms with Gasteiger partial charge in [0.25, 0.3) is 0 Å². The van der Waals surface area contributed by atoms with E-state index in [2.05, 4.69) is 4.98 Å². The number of para-hydroxylation sites is 1. The number of hydrogen-bond acceptors (Lipinski definition) is 4. The molecule has 0 bridgehead atoms. The number of fused-ring (bicyclic) bond motifs is 1. The Balaban J connectivity index is 2.79. The highest BCUT2D eigenvalue weighted by Gasteiger charge is 2.14. The van der Waals surface area contributed by atoms with E-state index in [4.69, 9.17) is 10.8 Å². The van der Waals surface area contributed by atoms with E-state index in [1.165, 1.54) is 18.2 Å². The molecule has 4 N–H and O–H groups in total. The second-order valence-electron chi connectivity index (χ2n) is 4.13. The topological polar surface area (TPSA) is 135 Å². The first kappa shape index (κ1) is 13.5. The first-order valence-electron chi connectivity index (χ1n) is 5.69. The normalized spacial score (nSPS) is 10.6. The molecule has 8 nitrogen and oxygen atoms in total. The molecule has 2 aromatic rings. The Morgan fingerprint density at radius 3 is 2.60 bits per heavy atom. The second kappa shape index (κ2) is 5.00. The van der Waals surface area contributed by atoms with Gasteiger partial charge in [-0.1, -0.05) is 6.07 Å². The molecule has 8 heteroatoms. The van der Waals surface area contributed by atoms with Crippen LogP contribution < -0.4 is 16.9 Å². The predicted octanol–water partition coefficient (Wildman–Crippen LogP) is -0.737. The number of primary amides is 1. The number of nitrogens with zero attached hydrogens (tertiary/aromatic N) is 1. The number of nitrogens with two attached hydrogens (primary N) is 1. The van der Waals surface area contributed by atoms with Crippen molar-refractivity contribution in [3.8, 4) is 0 Å². The average Bonchev–Trinajstić information content (AvgIpc) is 2.38. The molecule has 0 atom stereocenters. The summed E-state index contributed by atoms with van der Waals surface area (Å²) in [4.78, 5) is 47.5. The van der Waals surface area contributed by atoms with E-state index in [1.807, 2.05) is 0 Å². The highest BCUT2D eigenvalue weighted by Crippen LogP contribution is 2.14. The lowest BCUT2D eigenvalue weighted by molar-refractivity contribution is -0.118. The van der Waals surface area contributed by atoms with Gasteiger partial charge in [0.15, 0.2) is 0 Å². The lowest BCUT2D eigenvalue weighted by atomic mass is 10.1. The molecule has 1 aromatic carbocycles. The number of H-pyrrole nitrogens is 1. The number of carbonyl (C=O) groups excluding carboxylic acids is 1. The minimum atomic E-state index is -1.23. The Labute approximate surface area is 111 Å². The van der Waals surface area contributed by atoms with Gasteiger partial charge >= 0.3 is 17.1 Å². The van der Waals surface area contributed by atoms with E-state index in [-0.39, 0.29) is 29.6 Å². The number of carboxylic acid groups (broad SMARTS) is 1. The Morgan fingerprint density at radius 2 is 2.00 bits per heavy atom. The number of aryl methyl sites for hydroxylation is 1. The number of benzene rings is 1. The molecule has 1 amide bonds. The van der Waals surface area contributed by atoms with E-state index < -0.39 is 23.0 Å². The van der Waals surface area contributed by atoms with Gasteiger partial charge in [-0.2, -0.15) is 0 Å². The van der Waals surface area contributed by atoms with Crippen molar-refractivity contribution in [2.45, 2.75) is 13.0 Å². The fourth-order valence-corrected chi connectivity index (χ4v) is 1.92. The van der Waals surface area contributed by atoms with Crippen molar-refractivity contribution in [3.63, 3.8) is 0 Å². The number of nitrogens with one attached hydrogen (secondary N) is 1. The molecule has 0 saturated heterocycles. The molecule has 20 heavy (non-hydrogen) atoms. The van der Waals surface area contributed by atoms with E-state index in [1.54, 1.807) is 0 Å². The highest BCUT2D eigenvalue weighted by atomic mass is 16.4. The highest BCUT2D eigenvalue weighted by molar-refractivity contribution is 6.00. The predicted molar refractivity (Wildman–Crippen MR) is 69.6 cm³/mol. The molecule has 0 aliphatic heterocycles. The summed E-state index contributed by atoms with van der Waals surface area (Å²) in [5.41, 5.74) is 3.34. The lowest BCUT2D eigenvalue weighted by Gasteiger charge is -2.09. The van der Waals surface area contributed by atoms with Crippen molar-refractivity contribution in [1.29, 1.82) is 0 Å². The quantitative estimate of drug-likeness (QED) is 0.633. The largest absolute Gasteiger partial charge is 0.478 e. The summed E-state index contributed by atoms with van der Waals surface area (Å²) >= 11 is 0. The maximum Gasteiger partial charge on any atom is 0.337 e. The Morgan fingerprint density at radius 1 is 1.30 bits per heavy atom. The summed E-state index contributed by atoms with van der Waals surface area (Å²) in [5.74, 6) is -1.86. The molecule has 0 fully saturated rings. The van der Waals surface area contributed by atoms with Crippen molar-refractivity contribution in [2.75, 3.05) is 0 Å². The third-order valence-corrected chi connectivity index (χ3v) is 2.82. The third-order valence-electron chi connectivity index (χ3n) is 2.82. The fraction of sp³-hybridized carbons (Fsp3) is 0.167. The number of aromatic carboxylic acids is 1. The Kier molecular flexibility index (Phi) is 3.38. The maximum atomic E-state index is 11.8. The number of carboxylic acids is 1. The zero-order chi connectivity index (χ0) is 14.9. The molecule has 0 spiro atoms. The van der Waals surface area contributed by atoms with Gasteiger partial charge in [-0.15, -0.1) is 0 Å². The molecule has 2 rings (SSSR count). The van der Waals surface area contributed by atoms with Crippen molar-refractivity contribution < 1.29 is 14.7 Å². The summed E-state index contributed by atoms with van der Waals surface area (Å²) in [5, 5.41) is 9.07. The van der Waals surface area contributed by atoms with Crippen LogP contribution in [0.1, 0.15) is 16.8 Å². The van der Waals surface area contributed by atoms with E-state index in [9.17, 15) is 19.2 Å². The second-order valence-corrected chi connectivity index (χ2v) is 4.13. The molecule has 0 aliphatic carbocycles. The number of carbonyl (C=O) groups is 2. The molecule has 0 aliphatic rings. The van der Waals surface area contributed by atoms with Crippen LogP contribution in [0.2, 0.25) is 0 Å². The van der Waals surface area contributed by atoms with Crippen LogP contribution in [0.3, 0.4) is 0 Å². The summed E-state index contributed by atoms with van der Waals surface area (Å²) < 4.78 is 1.05. The van der Waals surface area contributed by atoms with Crippen LogP contribution in [0.5, 0.6) is 0 Å². The molecule has 0 saturated carbocycles. The summed E-state index contributed by atoms with van der Waals surface area (Å²) in [7, 11) is 0. The monoisotopic (exact) mass is 277 g/mol. The van der Waals surface area contributed by atoms with Gasteiger partial charge in [-0.25, -0.2) is 4.79 Å². The molecule has 104 valence electrons. The summed E-state index contributed by atoms with van der Waals surface area (Å²) in [6, 6.07) is 4.24. The molecule has 1 aromatic heterocycles. The fourth-order valence-electron chi connectivity index (χ4n) is 1.92. The summed E-state index contributed by atoms with van der Waals surface area (Å²) in [6.45, 7) is -0.0857. The third kappa shape index (κ3) is 2.30. The number of aromatic amines is 1. The molecular formula is C12H11N3O5. The smallest absolute Gasteiger partial charge is 0.337 e. The van der Waals surface area contributed by atoms with Gasteiger partial charge in [0.05, 0.1) is 16.6 Å². The van der Waals surface area contributed by atoms with Crippen LogP contribution in [-0.2, 0) is 11.3 Å². The number of rotatable bonds is 4. The van der Waals surface area contributed by atoms with Crippen LogP contribution in [0, 0.1) is 0 Å². The van der Waals surface area contributed by atoms with Gasteiger partial charge in [0.2, 0.25) is 5.91 Å². The lowest BCUT2D eigenvalue weighted by Crippen LogP contribution is -2.37. The van der Waals surface area contributed by atoms with Crippen LogP contribution in [0.4, 0.5) is 0 Å². The minimum absolute atomic E-state index is 0.0362. The first-order chi connectivity index (χ1) is 9.41. The number of amides is 1. The number of hydrogen-bond donors (Lipinski definition) is 3. The van der Waals surface area contributed by atoms with Gasteiger partial charge in [-0.3, -0.25) is 14.4 Å². The zero-order valence-corrected chi connectivity index (χ0v) is 10.3. The Hall–Kier alpha value is -2.90. The zero-order valence-electron chi connectivity index (χ0n) is 10.3. The van der Waals surface area contributed by atoms with Crippen LogP contribution in [-0.4, -0.2) is 26.5 Å². The van der Waals surface area contributed by atoms with E-state index in [0.717, 1.165) is 4.57 Å². The van der Waals surface area contributed by atoms with Gasteiger partial charge in [0.1, 0.15) is 0 Å². The van der Waals surface area contributed by atoms with Crippen LogP contribution in [0.15, 0.2) is 27.8 Å². The van der Waals surface area contributed by atoms with Gasteiger partial charge < -0.3 is 20.4 Å². The van der Waals surface area contributed by atoms with Gasteiger partial charge in [0, 0.05) is 13.0 Å². The van der Waals surface area contributed by atoms with Crippen LogP contribution in [0.25, 0.3) is 11.0 Å². The molecule has 0 radical (unpaired) electrons. The van der Waals surface area contributed by atoms with E-state index >= 15 is 0 Å². The van der Waals surface area contributed by atoms with Gasteiger partial charge in [-0.05, 0) is 12.1 Å². The van der Waals surface area contributed by atoms with Crippen molar-refractivity contribution in [1.82, 2.24) is 9.55 Å². The minimum Gasteiger partial charge on any atom is -0.478 e. The van der Waals surface area contributed by atoms with Crippen LogP contribution >= 0.6 is 0 Å². The van der Waals surface area contributed by atoms with Crippen molar-refractivity contribution in [2.24, 2.45) is 5.73 Å².